The number of piperidine rings is 1. The molecule has 0 aromatic rings. The van der Waals surface area contributed by atoms with Crippen molar-refractivity contribution >= 4 is 5.96 Å². The van der Waals surface area contributed by atoms with E-state index in [0.29, 0.717) is 0 Å². The summed E-state index contributed by atoms with van der Waals surface area (Å²) in [6, 6.07) is 0.914. The number of hydrogen-bond donors (Lipinski definition) is 2. The fourth-order valence-corrected chi connectivity index (χ4v) is 4.26. The Labute approximate surface area is 154 Å². The van der Waals surface area contributed by atoms with Gasteiger partial charge in [0.25, 0.3) is 0 Å². The zero-order chi connectivity index (χ0) is 17.7. The lowest BCUT2D eigenvalue weighted by molar-refractivity contribution is 0.102. The Bertz CT molecular complexity index is 437. The maximum Gasteiger partial charge on any atom is 0.191 e. The third-order valence-electron chi connectivity index (χ3n) is 6.12. The number of nitrogens with zero attached hydrogens (tertiary/aromatic N) is 3. The van der Waals surface area contributed by atoms with Crippen LogP contribution in [-0.4, -0.2) is 73.2 Å². The highest BCUT2D eigenvalue weighted by Crippen LogP contribution is 2.31. The summed E-state index contributed by atoms with van der Waals surface area (Å²) in [6.45, 7) is 14.7. The van der Waals surface area contributed by atoms with Gasteiger partial charge in [-0.1, -0.05) is 6.42 Å². The molecule has 1 unspecified atom stereocenters. The number of nitrogens with one attached hydrogen (secondary N) is 2. The van der Waals surface area contributed by atoms with Crippen molar-refractivity contribution in [3.05, 3.63) is 0 Å². The molecule has 1 atom stereocenters. The minimum atomic E-state index is 0.152. The third kappa shape index (κ3) is 5.58. The Kier molecular flexibility index (Phi) is 6.61. The lowest BCUT2D eigenvalue weighted by Crippen LogP contribution is -2.49. The van der Waals surface area contributed by atoms with Gasteiger partial charge in [0.05, 0.1) is 6.54 Å². The zero-order valence-electron chi connectivity index (χ0n) is 16.7. The van der Waals surface area contributed by atoms with E-state index in [2.05, 4.69) is 41.2 Å². The molecule has 0 radical (unpaired) electrons. The molecule has 0 aromatic carbocycles. The van der Waals surface area contributed by atoms with E-state index in [-0.39, 0.29) is 5.54 Å². The average Bonchev–Trinajstić information content (AvgIpc) is 3.37. The second-order valence-electron chi connectivity index (χ2n) is 8.82. The zero-order valence-corrected chi connectivity index (χ0v) is 16.7. The lowest BCUT2D eigenvalue weighted by Gasteiger charge is -2.40. The highest BCUT2D eigenvalue weighted by molar-refractivity contribution is 5.79. The maximum absolute atomic E-state index is 4.93. The van der Waals surface area contributed by atoms with Gasteiger partial charge in [-0.2, -0.15) is 0 Å². The first-order valence-corrected chi connectivity index (χ1v) is 10.6. The molecule has 2 saturated heterocycles. The van der Waals surface area contributed by atoms with Crippen LogP contribution in [0.4, 0.5) is 0 Å². The smallest absolute Gasteiger partial charge is 0.191 e. The predicted octanol–water partition coefficient (Wildman–Crippen LogP) is 2.29. The normalized spacial score (nSPS) is 26.8. The van der Waals surface area contributed by atoms with Gasteiger partial charge in [-0.15, -0.1) is 0 Å². The first-order valence-electron chi connectivity index (χ1n) is 10.6. The quantitative estimate of drug-likeness (QED) is 0.547. The van der Waals surface area contributed by atoms with E-state index in [4.69, 9.17) is 4.99 Å². The Morgan fingerprint density at radius 2 is 1.80 bits per heavy atom. The molecule has 0 amide bonds. The Hall–Kier alpha value is -0.810. The molecule has 1 saturated carbocycles. The number of rotatable bonds is 7. The minimum absolute atomic E-state index is 0.152. The van der Waals surface area contributed by atoms with Gasteiger partial charge in [0, 0.05) is 31.2 Å². The van der Waals surface area contributed by atoms with Gasteiger partial charge < -0.3 is 15.5 Å². The van der Waals surface area contributed by atoms with Gasteiger partial charge in [0.2, 0.25) is 0 Å². The van der Waals surface area contributed by atoms with E-state index in [1.165, 1.54) is 64.7 Å². The summed E-state index contributed by atoms with van der Waals surface area (Å²) in [6.07, 6.45) is 8.25. The SMILES string of the molecule is CCNC(=NCC(C)(C)N1CCCCC1)NCC1CCN(C2CC2)C1. The highest BCUT2D eigenvalue weighted by Gasteiger charge is 2.34. The number of aliphatic imine (C=N–C) groups is 1. The van der Waals surface area contributed by atoms with E-state index in [0.717, 1.165) is 37.6 Å². The third-order valence-corrected chi connectivity index (χ3v) is 6.12. The molecule has 2 heterocycles. The molecule has 2 N–H and O–H groups in total. The molecule has 3 rings (SSSR count). The van der Waals surface area contributed by atoms with E-state index in [9.17, 15) is 0 Å². The van der Waals surface area contributed by atoms with E-state index < -0.39 is 0 Å². The highest BCUT2D eigenvalue weighted by atomic mass is 15.2. The van der Waals surface area contributed by atoms with Crippen molar-refractivity contribution in [3.63, 3.8) is 0 Å². The molecule has 5 heteroatoms. The van der Waals surface area contributed by atoms with Crippen LogP contribution in [0.1, 0.15) is 59.3 Å². The summed E-state index contributed by atoms with van der Waals surface area (Å²) >= 11 is 0. The van der Waals surface area contributed by atoms with Gasteiger partial charge in [0.15, 0.2) is 5.96 Å². The monoisotopic (exact) mass is 349 g/mol. The minimum Gasteiger partial charge on any atom is -0.357 e. The molecular weight excluding hydrogens is 310 g/mol. The standard InChI is InChI=1S/C20H39N5/c1-4-21-19(22-14-17-10-13-24(15-17)18-8-9-18)23-16-20(2,3)25-11-6-5-7-12-25/h17-18H,4-16H2,1-3H3,(H2,21,22,23). The molecule has 0 aromatic heterocycles. The Morgan fingerprint density at radius 1 is 1.04 bits per heavy atom. The van der Waals surface area contributed by atoms with Gasteiger partial charge in [0.1, 0.15) is 0 Å². The van der Waals surface area contributed by atoms with Crippen molar-refractivity contribution in [3.8, 4) is 0 Å². The van der Waals surface area contributed by atoms with E-state index in [1.54, 1.807) is 0 Å². The van der Waals surface area contributed by atoms with Crippen LogP contribution in [0.2, 0.25) is 0 Å². The summed E-state index contributed by atoms with van der Waals surface area (Å²) in [5, 5.41) is 7.05. The van der Waals surface area contributed by atoms with Crippen molar-refractivity contribution in [2.45, 2.75) is 70.9 Å². The molecular formula is C20H39N5. The van der Waals surface area contributed by atoms with E-state index in [1.807, 2.05) is 0 Å². The maximum atomic E-state index is 4.93. The molecule has 144 valence electrons. The number of likely N-dealkylation sites (tertiary alicyclic amines) is 2. The number of guanidine groups is 1. The van der Waals surface area contributed by atoms with Crippen LogP contribution in [0, 0.1) is 5.92 Å². The summed E-state index contributed by atoms with van der Waals surface area (Å²) < 4.78 is 0. The summed E-state index contributed by atoms with van der Waals surface area (Å²) in [7, 11) is 0. The lowest BCUT2D eigenvalue weighted by atomic mass is 9.99. The molecule has 0 bridgehead atoms. The molecule has 25 heavy (non-hydrogen) atoms. The van der Waals surface area contributed by atoms with Gasteiger partial charge in [-0.05, 0) is 78.4 Å². The molecule has 0 spiro atoms. The summed E-state index contributed by atoms with van der Waals surface area (Å²) in [5.74, 6) is 1.78. The number of hydrogen-bond acceptors (Lipinski definition) is 3. The van der Waals surface area contributed by atoms with Crippen LogP contribution in [-0.2, 0) is 0 Å². The van der Waals surface area contributed by atoms with Gasteiger partial charge in [-0.3, -0.25) is 9.89 Å². The van der Waals surface area contributed by atoms with Crippen LogP contribution in [0.15, 0.2) is 4.99 Å². The first-order chi connectivity index (χ1) is 12.1. The van der Waals surface area contributed by atoms with Crippen LogP contribution < -0.4 is 10.6 Å². The Balaban J connectivity index is 1.46. The van der Waals surface area contributed by atoms with Crippen molar-refractivity contribution in [2.75, 3.05) is 45.8 Å². The Morgan fingerprint density at radius 3 is 2.48 bits per heavy atom. The van der Waals surface area contributed by atoms with Gasteiger partial charge >= 0.3 is 0 Å². The average molecular weight is 350 g/mol. The second kappa shape index (κ2) is 8.72. The van der Waals surface area contributed by atoms with Crippen LogP contribution in [0.25, 0.3) is 0 Å². The fourth-order valence-electron chi connectivity index (χ4n) is 4.26. The van der Waals surface area contributed by atoms with Crippen molar-refractivity contribution in [2.24, 2.45) is 10.9 Å². The fraction of sp³-hybridized carbons (Fsp3) is 0.950. The molecule has 2 aliphatic heterocycles. The largest absolute Gasteiger partial charge is 0.357 e. The summed E-state index contributed by atoms with van der Waals surface area (Å²) in [4.78, 5) is 10.2. The molecule has 3 aliphatic rings. The summed E-state index contributed by atoms with van der Waals surface area (Å²) in [5.41, 5.74) is 0.152. The van der Waals surface area contributed by atoms with E-state index >= 15 is 0 Å². The molecule has 1 aliphatic carbocycles. The predicted molar refractivity (Wildman–Crippen MR) is 106 cm³/mol. The second-order valence-corrected chi connectivity index (χ2v) is 8.82. The van der Waals surface area contributed by atoms with Crippen molar-refractivity contribution in [1.29, 1.82) is 0 Å². The topological polar surface area (TPSA) is 42.9 Å². The molecule has 5 nitrogen and oxygen atoms in total. The van der Waals surface area contributed by atoms with Crippen LogP contribution >= 0.6 is 0 Å². The van der Waals surface area contributed by atoms with Crippen molar-refractivity contribution < 1.29 is 0 Å². The van der Waals surface area contributed by atoms with Gasteiger partial charge in [-0.25, -0.2) is 0 Å². The van der Waals surface area contributed by atoms with Crippen LogP contribution in [0.5, 0.6) is 0 Å². The van der Waals surface area contributed by atoms with Crippen molar-refractivity contribution in [1.82, 2.24) is 20.4 Å². The van der Waals surface area contributed by atoms with Crippen LogP contribution in [0.3, 0.4) is 0 Å². The first kappa shape index (κ1) is 19.0. The molecule has 3 fully saturated rings.